The van der Waals surface area contributed by atoms with Gasteiger partial charge in [0, 0.05) is 32.7 Å². The molecular weight excluding hydrogens is 303 g/mol. The smallest absolute Gasteiger partial charge is 0.217 e. The molecule has 2 aliphatic heterocycles. The van der Waals surface area contributed by atoms with Crippen LogP contribution in [0, 0.1) is 17.7 Å². The fraction of sp³-hybridized carbons (Fsp3) is 0.625. The first-order valence-electron chi connectivity index (χ1n) is 7.98. The molecular formula is C16H21FN2O2S. The molecule has 0 spiro atoms. The first-order valence-corrected chi connectivity index (χ1v) is 9.48. The molecule has 120 valence electrons. The minimum absolute atomic E-state index is 0.102. The second kappa shape index (κ2) is 5.28. The zero-order chi connectivity index (χ0) is 15.3. The summed E-state index contributed by atoms with van der Waals surface area (Å²) >= 11 is 0. The molecule has 22 heavy (non-hydrogen) atoms. The average molecular weight is 324 g/mol. The third kappa shape index (κ3) is 2.68. The van der Waals surface area contributed by atoms with E-state index in [0.29, 0.717) is 24.9 Å². The van der Waals surface area contributed by atoms with Crippen molar-refractivity contribution >= 4 is 10.0 Å². The van der Waals surface area contributed by atoms with E-state index in [1.165, 1.54) is 6.07 Å². The van der Waals surface area contributed by atoms with Crippen LogP contribution in [0.3, 0.4) is 0 Å². The van der Waals surface area contributed by atoms with E-state index in [4.69, 9.17) is 0 Å². The van der Waals surface area contributed by atoms with E-state index in [0.717, 1.165) is 38.0 Å². The van der Waals surface area contributed by atoms with Crippen molar-refractivity contribution in [1.82, 2.24) is 9.21 Å². The minimum Gasteiger partial charge on any atom is -0.298 e. The van der Waals surface area contributed by atoms with Gasteiger partial charge in [0.05, 0.1) is 5.25 Å². The normalized spacial score (nSPS) is 29.9. The van der Waals surface area contributed by atoms with E-state index in [9.17, 15) is 12.8 Å². The molecule has 6 heteroatoms. The predicted molar refractivity (Wildman–Crippen MR) is 82.2 cm³/mol. The zero-order valence-corrected chi connectivity index (χ0v) is 13.3. The highest BCUT2D eigenvalue weighted by Gasteiger charge is 2.48. The zero-order valence-electron chi connectivity index (χ0n) is 12.5. The summed E-state index contributed by atoms with van der Waals surface area (Å²) in [6, 6.07) is 6.73. The number of nitrogens with zero attached hydrogens (tertiary/aromatic N) is 2. The summed E-state index contributed by atoms with van der Waals surface area (Å²) in [7, 11) is -3.02. The SMILES string of the molecule is O=S(=O)(C1CC1)N1C[C@H]2CN(Cc3cccc(F)c3)C[C@@H]2C1. The van der Waals surface area contributed by atoms with E-state index in [-0.39, 0.29) is 11.1 Å². The molecule has 4 nitrogen and oxygen atoms in total. The Morgan fingerprint density at radius 2 is 1.77 bits per heavy atom. The van der Waals surface area contributed by atoms with Crippen LogP contribution in [0.2, 0.25) is 0 Å². The molecule has 0 amide bonds. The minimum atomic E-state index is -3.02. The van der Waals surface area contributed by atoms with Crippen LogP contribution in [0.4, 0.5) is 4.39 Å². The maximum absolute atomic E-state index is 13.2. The number of sulfonamides is 1. The molecule has 3 fully saturated rings. The highest BCUT2D eigenvalue weighted by Crippen LogP contribution is 2.38. The van der Waals surface area contributed by atoms with Crippen molar-refractivity contribution in [2.75, 3.05) is 26.2 Å². The Bertz CT molecular complexity index is 660. The Morgan fingerprint density at radius 3 is 2.36 bits per heavy atom. The van der Waals surface area contributed by atoms with Crippen molar-refractivity contribution in [3.8, 4) is 0 Å². The number of halogens is 1. The molecule has 0 bridgehead atoms. The van der Waals surface area contributed by atoms with Gasteiger partial charge in [-0.25, -0.2) is 17.1 Å². The highest BCUT2D eigenvalue weighted by molar-refractivity contribution is 7.90. The molecule has 1 saturated carbocycles. The van der Waals surface area contributed by atoms with Crippen molar-refractivity contribution in [3.63, 3.8) is 0 Å². The number of benzene rings is 1. The van der Waals surface area contributed by atoms with Crippen molar-refractivity contribution in [3.05, 3.63) is 35.6 Å². The molecule has 1 aromatic rings. The van der Waals surface area contributed by atoms with Crippen LogP contribution in [-0.2, 0) is 16.6 Å². The van der Waals surface area contributed by atoms with Gasteiger partial charge in [-0.2, -0.15) is 0 Å². The molecule has 2 heterocycles. The van der Waals surface area contributed by atoms with Crippen molar-refractivity contribution in [2.45, 2.75) is 24.6 Å². The lowest BCUT2D eigenvalue weighted by molar-refractivity contribution is 0.289. The van der Waals surface area contributed by atoms with E-state index in [2.05, 4.69) is 4.90 Å². The standard InChI is InChI=1S/C16H21FN2O2S/c17-15-3-1-2-12(6-15)7-18-8-13-10-19(11-14(13)9-18)22(20,21)16-4-5-16/h1-3,6,13-14,16H,4-5,7-11H2/t13-,14-/m1/s1. The molecule has 0 aromatic heterocycles. The third-order valence-electron chi connectivity index (χ3n) is 5.13. The van der Waals surface area contributed by atoms with E-state index >= 15 is 0 Å². The van der Waals surface area contributed by atoms with Gasteiger partial charge in [-0.05, 0) is 42.4 Å². The summed E-state index contributed by atoms with van der Waals surface area (Å²) in [5, 5.41) is -0.102. The molecule has 1 aromatic carbocycles. The van der Waals surface area contributed by atoms with Gasteiger partial charge in [0.2, 0.25) is 10.0 Å². The van der Waals surface area contributed by atoms with Gasteiger partial charge >= 0.3 is 0 Å². The summed E-state index contributed by atoms with van der Waals surface area (Å²) in [6.07, 6.45) is 1.67. The lowest BCUT2D eigenvalue weighted by atomic mass is 10.0. The van der Waals surface area contributed by atoms with Crippen molar-refractivity contribution in [2.24, 2.45) is 11.8 Å². The Balaban J connectivity index is 1.37. The Labute approximate surface area is 131 Å². The maximum Gasteiger partial charge on any atom is 0.217 e. The fourth-order valence-corrected chi connectivity index (χ4v) is 5.81. The van der Waals surface area contributed by atoms with Crippen LogP contribution >= 0.6 is 0 Å². The van der Waals surface area contributed by atoms with Gasteiger partial charge in [-0.3, -0.25) is 4.90 Å². The molecule has 2 atom stereocenters. The van der Waals surface area contributed by atoms with Gasteiger partial charge in [0.15, 0.2) is 0 Å². The molecule has 0 N–H and O–H groups in total. The Hall–Kier alpha value is -0.980. The van der Waals surface area contributed by atoms with Crippen LogP contribution in [0.5, 0.6) is 0 Å². The van der Waals surface area contributed by atoms with Crippen LogP contribution in [0.25, 0.3) is 0 Å². The first-order chi connectivity index (χ1) is 10.5. The summed E-state index contributed by atoms with van der Waals surface area (Å²) in [6.45, 7) is 3.92. The summed E-state index contributed by atoms with van der Waals surface area (Å²) < 4.78 is 39.6. The molecule has 3 aliphatic rings. The van der Waals surface area contributed by atoms with Crippen LogP contribution in [0.15, 0.2) is 24.3 Å². The maximum atomic E-state index is 13.2. The number of rotatable bonds is 4. The Kier molecular flexibility index (Phi) is 3.51. The molecule has 0 radical (unpaired) electrons. The van der Waals surface area contributed by atoms with Gasteiger partial charge in [-0.1, -0.05) is 12.1 Å². The van der Waals surface area contributed by atoms with E-state index in [1.54, 1.807) is 16.4 Å². The van der Waals surface area contributed by atoms with Gasteiger partial charge < -0.3 is 0 Å². The van der Waals surface area contributed by atoms with Gasteiger partial charge in [0.25, 0.3) is 0 Å². The molecule has 4 rings (SSSR count). The summed E-state index contributed by atoms with van der Waals surface area (Å²) in [5.41, 5.74) is 0.988. The summed E-state index contributed by atoms with van der Waals surface area (Å²) in [4.78, 5) is 2.32. The third-order valence-corrected chi connectivity index (χ3v) is 7.46. The largest absolute Gasteiger partial charge is 0.298 e. The Morgan fingerprint density at radius 1 is 1.09 bits per heavy atom. The van der Waals surface area contributed by atoms with Crippen LogP contribution in [-0.4, -0.2) is 49.1 Å². The number of hydrogen-bond donors (Lipinski definition) is 0. The predicted octanol–water partition coefficient (Wildman–Crippen LogP) is 1.68. The average Bonchev–Trinajstić information content (AvgIpc) is 3.14. The number of likely N-dealkylation sites (tertiary alicyclic amines) is 1. The number of hydrogen-bond acceptors (Lipinski definition) is 3. The first kappa shape index (κ1) is 14.6. The second-order valence-electron chi connectivity index (χ2n) is 6.91. The van der Waals surface area contributed by atoms with Gasteiger partial charge in [0.1, 0.15) is 5.82 Å². The second-order valence-corrected chi connectivity index (χ2v) is 9.12. The molecule has 2 saturated heterocycles. The molecule has 1 aliphatic carbocycles. The summed E-state index contributed by atoms with van der Waals surface area (Å²) in [5.74, 6) is 0.669. The van der Waals surface area contributed by atoms with Crippen LogP contribution in [0.1, 0.15) is 18.4 Å². The quantitative estimate of drug-likeness (QED) is 0.846. The van der Waals surface area contributed by atoms with Crippen molar-refractivity contribution in [1.29, 1.82) is 0 Å². The molecule has 0 unspecified atom stereocenters. The highest BCUT2D eigenvalue weighted by atomic mass is 32.2. The lowest BCUT2D eigenvalue weighted by Crippen LogP contribution is -2.35. The monoisotopic (exact) mass is 324 g/mol. The lowest BCUT2D eigenvalue weighted by Gasteiger charge is -2.21. The van der Waals surface area contributed by atoms with Crippen LogP contribution < -0.4 is 0 Å². The van der Waals surface area contributed by atoms with E-state index in [1.807, 2.05) is 6.07 Å². The van der Waals surface area contributed by atoms with Crippen molar-refractivity contribution < 1.29 is 12.8 Å². The van der Waals surface area contributed by atoms with E-state index < -0.39 is 10.0 Å². The van der Waals surface area contributed by atoms with Gasteiger partial charge in [-0.15, -0.1) is 0 Å². The number of fused-ring (bicyclic) bond motifs is 1. The fourth-order valence-electron chi connectivity index (χ4n) is 3.85. The topological polar surface area (TPSA) is 40.6 Å².